The monoisotopic (exact) mass is 313 g/mol. The standard InChI is InChI=1S/C12H16ClN5OS/c1-16(6-9-3-4-10(13)14-5-9)8-18-12(20)17(2)11(7-19)15-18/h3-5,19H,6-8H2,1-2H3. The van der Waals surface area contributed by atoms with Gasteiger partial charge in [-0.05, 0) is 30.9 Å². The van der Waals surface area contributed by atoms with Crippen molar-refractivity contribution in [1.82, 2.24) is 24.2 Å². The SMILES string of the molecule is CN(Cc1ccc(Cl)nc1)Cn1nc(CO)n(C)c1=S. The van der Waals surface area contributed by atoms with Crippen molar-refractivity contribution in [2.24, 2.45) is 7.05 Å². The van der Waals surface area contributed by atoms with Crippen LogP contribution >= 0.6 is 23.8 Å². The fraction of sp³-hybridized carbons (Fsp3) is 0.417. The zero-order chi connectivity index (χ0) is 14.7. The molecule has 20 heavy (non-hydrogen) atoms. The smallest absolute Gasteiger partial charge is 0.198 e. The summed E-state index contributed by atoms with van der Waals surface area (Å²) in [4.78, 5) is 6.10. The van der Waals surface area contributed by atoms with Gasteiger partial charge in [0.1, 0.15) is 11.8 Å². The molecule has 108 valence electrons. The van der Waals surface area contributed by atoms with Crippen molar-refractivity contribution in [2.75, 3.05) is 7.05 Å². The Morgan fingerprint density at radius 1 is 1.45 bits per heavy atom. The molecule has 8 heteroatoms. The number of rotatable bonds is 5. The summed E-state index contributed by atoms with van der Waals surface area (Å²) in [6.07, 6.45) is 1.75. The molecule has 0 aliphatic rings. The van der Waals surface area contributed by atoms with Gasteiger partial charge < -0.3 is 9.67 Å². The Balaban J connectivity index is 2.06. The largest absolute Gasteiger partial charge is 0.388 e. The molecular weight excluding hydrogens is 298 g/mol. The number of halogens is 1. The second kappa shape index (κ2) is 6.45. The molecule has 0 spiro atoms. The second-order valence-electron chi connectivity index (χ2n) is 4.56. The van der Waals surface area contributed by atoms with Crippen LogP contribution in [0.2, 0.25) is 5.15 Å². The summed E-state index contributed by atoms with van der Waals surface area (Å²) in [5.41, 5.74) is 1.06. The van der Waals surface area contributed by atoms with Crippen molar-refractivity contribution in [3.05, 3.63) is 39.6 Å². The van der Waals surface area contributed by atoms with Crippen molar-refractivity contribution in [2.45, 2.75) is 19.8 Å². The summed E-state index contributed by atoms with van der Waals surface area (Å²) in [5, 5.41) is 13.9. The van der Waals surface area contributed by atoms with Crippen molar-refractivity contribution in [1.29, 1.82) is 0 Å². The first kappa shape index (κ1) is 15.1. The van der Waals surface area contributed by atoms with E-state index in [1.54, 1.807) is 28.6 Å². The number of pyridine rings is 1. The number of hydrogen-bond donors (Lipinski definition) is 1. The number of aliphatic hydroxyl groups is 1. The lowest BCUT2D eigenvalue weighted by molar-refractivity contribution is 0.238. The zero-order valence-corrected chi connectivity index (χ0v) is 12.9. The average molecular weight is 314 g/mol. The molecule has 0 bridgehead atoms. The number of hydrogen-bond acceptors (Lipinski definition) is 5. The molecule has 0 aliphatic carbocycles. The summed E-state index contributed by atoms with van der Waals surface area (Å²) in [6.45, 7) is 1.12. The van der Waals surface area contributed by atoms with Gasteiger partial charge in [-0.15, -0.1) is 0 Å². The summed E-state index contributed by atoms with van der Waals surface area (Å²) < 4.78 is 3.96. The molecule has 0 saturated heterocycles. The Morgan fingerprint density at radius 3 is 2.75 bits per heavy atom. The fourth-order valence-electron chi connectivity index (χ4n) is 1.85. The molecule has 0 saturated carbocycles. The van der Waals surface area contributed by atoms with Crippen LogP contribution in [0.5, 0.6) is 0 Å². The van der Waals surface area contributed by atoms with Gasteiger partial charge in [0.15, 0.2) is 10.6 Å². The third kappa shape index (κ3) is 3.43. The van der Waals surface area contributed by atoms with Crippen molar-refractivity contribution >= 4 is 23.8 Å². The third-order valence-electron chi connectivity index (χ3n) is 2.89. The summed E-state index contributed by atoms with van der Waals surface area (Å²) >= 11 is 11.0. The van der Waals surface area contributed by atoms with Crippen LogP contribution in [-0.4, -0.2) is 36.4 Å². The van der Waals surface area contributed by atoms with Gasteiger partial charge in [0, 0.05) is 19.8 Å². The van der Waals surface area contributed by atoms with Gasteiger partial charge in [0.05, 0.1) is 6.67 Å². The topological polar surface area (TPSA) is 59.1 Å². The Labute approximate surface area is 127 Å². The van der Waals surface area contributed by atoms with E-state index in [9.17, 15) is 5.11 Å². The fourth-order valence-corrected chi connectivity index (χ4v) is 2.17. The minimum Gasteiger partial charge on any atom is -0.388 e. The molecule has 6 nitrogen and oxygen atoms in total. The lowest BCUT2D eigenvalue weighted by atomic mass is 10.3. The highest BCUT2D eigenvalue weighted by Crippen LogP contribution is 2.08. The maximum absolute atomic E-state index is 9.17. The second-order valence-corrected chi connectivity index (χ2v) is 5.31. The molecule has 0 aromatic carbocycles. The lowest BCUT2D eigenvalue weighted by Gasteiger charge is -2.16. The van der Waals surface area contributed by atoms with Gasteiger partial charge in [0.2, 0.25) is 0 Å². The summed E-state index contributed by atoms with van der Waals surface area (Å²) in [5.74, 6) is 0.552. The van der Waals surface area contributed by atoms with E-state index in [4.69, 9.17) is 23.8 Å². The maximum Gasteiger partial charge on any atom is 0.198 e. The predicted octanol–water partition coefficient (Wildman–Crippen LogP) is 1.58. The highest BCUT2D eigenvalue weighted by molar-refractivity contribution is 7.71. The Morgan fingerprint density at radius 2 is 2.20 bits per heavy atom. The van der Waals surface area contributed by atoms with Crippen molar-refractivity contribution in [3.63, 3.8) is 0 Å². The Hall–Kier alpha value is -1.28. The normalized spacial score (nSPS) is 11.2. The van der Waals surface area contributed by atoms with E-state index in [0.717, 1.165) is 5.56 Å². The number of aliphatic hydroxyl groups excluding tert-OH is 1. The molecule has 0 fully saturated rings. The average Bonchev–Trinajstić information content (AvgIpc) is 2.69. The van der Waals surface area contributed by atoms with E-state index in [1.807, 2.05) is 13.1 Å². The van der Waals surface area contributed by atoms with Gasteiger partial charge in [-0.1, -0.05) is 17.7 Å². The molecule has 0 unspecified atom stereocenters. The third-order valence-corrected chi connectivity index (χ3v) is 3.60. The van der Waals surface area contributed by atoms with E-state index >= 15 is 0 Å². The van der Waals surface area contributed by atoms with E-state index in [-0.39, 0.29) is 6.61 Å². The first-order valence-corrected chi connectivity index (χ1v) is 6.82. The molecule has 2 aromatic heterocycles. The van der Waals surface area contributed by atoms with E-state index in [0.29, 0.717) is 29.0 Å². The van der Waals surface area contributed by atoms with Crippen LogP contribution in [0.1, 0.15) is 11.4 Å². The van der Waals surface area contributed by atoms with Gasteiger partial charge in [-0.3, -0.25) is 4.90 Å². The van der Waals surface area contributed by atoms with Gasteiger partial charge >= 0.3 is 0 Å². The molecule has 0 radical (unpaired) electrons. The molecule has 0 amide bonds. The van der Waals surface area contributed by atoms with Gasteiger partial charge in [-0.25, -0.2) is 9.67 Å². The van der Waals surface area contributed by atoms with Crippen LogP contribution < -0.4 is 0 Å². The van der Waals surface area contributed by atoms with Crippen LogP contribution in [0.15, 0.2) is 18.3 Å². The molecule has 2 heterocycles. The van der Waals surface area contributed by atoms with Crippen LogP contribution in [0.4, 0.5) is 0 Å². The minimum atomic E-state index is -0.127. The molecular formula is C12H16ClN5OS. The molecule has 2 aromatic rings. The maximum atomic E-state index is 9.17. The zero-order valence-electron chi connectivity index (χ0n) is 11.3. The van der Waals surface area contributed by atoms with E-state index in [2.05, 4.69) is 15.0 Å². The van der Waals surface area contributed by atoms with E-state index < -0.39 is 0 Å². The molecule has 2 rings (SSSR count). The highest BCUT2D eigenvalue weighted by atomic mass is 35.5. The lowest BCUT2D eigenvalue weighted by Crippen LogP contribution is -2.22. The Bertz CT molecular complexity index is 636. The minimum absolute atomic E-state index is 0.127. The summed E-state index contributed by atoms with van der Waals surface area (Å²) in [6, 6.07) is 3.70. The van der Waals surface area contributed by atoms with E-state index in [1.165, 1.54) is 0 Å². The predicted molar refractivity (Wildman–Crippen MR) is 78.7 cm³/mol. The quantitative estimate of drug-likeness (QED) is 0.671. The van der Waals surface area contributed by atoms with Gasteiger partial charge in [-0.2, -0.15) is 5.10 Å². The van der Waals surface area contributed by atoms with Crippen LogP contribution in [0, 0.1) is 4.77 Å². The van der Waals surface area contributed by atoms with Crippen LogP contribution in [-0.2, 0) is 26.9 Å². The molecule has 1 N–H and O–H groups in total. The molecule has 0 aliphatic heterocycles. The van der Waals surface area contributed by atoms with Crippen molar-refractivity contribution in [3.8, 4) is 0 Å². The highest BCUT2D eigenvalue weighted by Gasteiger charge is 2.09. The van der Waals surface area contributed by atoms with Crippen molar-refractivity contribution < 1.29 is 5.11 Å². The molecule has 0 atom stereocenters. The first-order chi connectivity index (χ1) is 9.51. The first-order valence-electron chi connectivity index (χ1n) is 6.04. The number of aromatic nitrogens is 4. The summed E-state index contributed by atoms with van der Waals surface area (Å²) in [7, 11) is 3.75. The number of nitrogens with zero attached hydrogens (tertiary/aromatic N) is 5. The van der Waals surface area contributed by atoms with Crippen LogP contribution in [0.3, 0.4) is 0 Å². The van der Waals surface area contributed by atoms with Gasteiger partial charge in [0.25, 0.3) is 0 Å². The van der Waals surface area contributed by atoms with Crippen LogP contribution in [0.25, 0.3) is 0 Å². The Kier molecular flexibility index (Phi) is 4.87.